The number of aryl methyl sites for hydroxylation is 1. The van der Waals surface area contributed by atoms with E-state index >= 15 is 0 Å². The summed E-state index contributed by atoms with van der Waals surface area (Å²) in [7, 11) is 2.99. The van der Waals surface area contributed by atoms with Gasteiger partial charge < -0.3 is 14.8 Å². The van der Waals surface area contributed by atoms with Crippen LogP contribution in [0, 0.1) is 6.92 Å². The van der Waals surface area contributed by atoms with Crippen molar-refractivity contribution in [2.75, 3.05) is 19.5 Å². The van der Waals surface area contributed by atoms with Crippen LogP contribution in [0.2, 0.25) is 5.02 Å². The van der Waals surface area contributed by atoms with Crippen molar-refractivity contribution < 1.29 is 14.3 Å². The molecule has 0 fully saturated rings. The summed E-state index contributed by atoms with van der Waals surface area (Å²) >= 11 is 6.10. The zero-order valence-corrected chi connectivity index (χ0v) is 12.8. The molecule has 1 N–H and O–H groups in total. The van der Waals surface area contributed by atoms with Gasteiger partial charge in [-0.25, -0.2) is 0 Å². The van der Waals surface area contributed by atoms with Crippen molar-refractivity contribution in [3.63, 3.8) is 0 Å². The second kappa shape index (κ2) is 6.50. The molecule has 0 radical (unpaired) electrons. The predicted molar refractivity (Wildman–Crippen MR) is 83.7 cm³/mol. The van der Waals surface area contributed by atoms with Gasteiger partial charge in [0, 0.05) is 11.3 Å². The van der Waals surface area contributed by atoms with Gasteiger partial charge in [0.1, 0.15) is 0 Å². The van der Waals surface area contributed by atoms with Crippen molar-refractivity contribution in [2.24, 2.45) is 0 Å². The number of methoxy groups -OCH3 is 2. The molecule has 2 aromatic carbocycles. The molecule has 0 atom stereocenters. The van der Waals surface area contributed by atoms with E-state index in [0.29, 0.717) is 22.1 Å². The van der Waals surface area contributed by atoms with Crippen LogP contribution in [0.25, 0.3) is 0 Å². The Morgan fingerprint density at radius 2 is 1.90 bits per heavy atom. The van der Waals surface area contributed by atoms with Crippen molar-refractivity contribution in [1.82, 2.24) is 0 Å². The Morgan fingerprint density at radius 3 is 2.52 bits per heavy atom. The Labute approximate surface area is 128 Å². The number of hydrogen-bond acceptors (Lipinski definition) is 3. The van der Waals surface area contributed by atoms with Crippen molar-refractivity contribution in [3.05, 3.63) is 52.5 Å². The quantitative estimate of drug-likeness (QED) is 0.931. The minimum absolute atomic E-state index is 0.261. The molecule has 5 heteroatoms. The van der Waals surface area contributed by atoms with Crippen LogP contribution < -0.4 is 14.8 Å². The first-order valence-electron chi connectivity index (χ1n) is 6.34. The molecule has 2 aromatic rings. The van der Waals surface area contributed by atoms with Crippen molar-refractivity contribution >= 4 is 23.2 Å². The van der Waals surface area contributed by atoms with Gasteiger partial charge in [0.15, 0.2) is 11.5 Å². The third-order valence-electron chi connectivity index (χ3n) is 2.97. The van der Waals surface area contributed by atoms with Gasteiger partial charge in [-0.3, -0.25) is 4.79 Å². The predicted octanol–water partition coefficient (Wildman–Crippen LogP) is 3.92. The summed E-state index contributed by atoms with van der Waals surface area (Å²) < 4.78 is 10.3. The van der Waals surface area contributed by atoms with Crippen LogP contribution in [0.1, 0.15) is 15.9 Å². The lowest BCUT2D eigenvalue weighted by Gasteiger charge is -2.12. The van der Waals surface area contributed by atoms with Crippen LogP contribution >= 0.6 is 11.6 Å². The van der Waals surface area contributed by atoms with Gasteiger partial charge in [0.25, 0.3) is 5.91 Å². The lowest BCUT2D eigenvalue weighted by atomic mass is 10.1. The molecule has 0 heterocycles. The minimum atomic E-state index is -0.261. The van der Waals surface area contributed by atoms with E-state index in [4.69, 9.17) is 21.1 Å². The molecule has 21 heavy (non-hydrogen) atoms. The molecule has 0 aliphatic heterocycles. The van der Waals surface area contributed by atoms with Crippen LogP contribution in [-0.2, 0) is 0 Å². The van der Waals surface area contributed by atoms with E-state index in [2.05, 4.69) is 5.32 Å². The Morgan fingerprint density at radius 1 is 1.14 bits per heavy atom. The van der Waals surface area contributed by atoms with Gasteiger partial charge >= 0.3 is 0 Å². The fourth-order valence-corrected chi connectivity index (χ4v) is 2.26. The summed E-state index contributed by atoms with van der Waals surface area (Å²) in [5, 5.41) is 3.15. The molecule has 0 bridgehead atoms. The first-order valence-corrected chi connectivity index (χ1v) is 6.72. The summed E-state index contributed by atoms with van der Waals surface area (Å²) in [4.78, 5) is 12.3. The third kappa shape index (κ3) is 3.47. The van der Waals surface area contributed by atoms with Crippen LogP contribution in [-0.4, -0.2) is 20.1 Å². The average Bonchev–Trinajstić information content (AvgIpc) is 2.46. The van der Waals surface area contributed by atoms with Gasteiger partial charge in [0.2, 0.25) is 0 Å². The summed E-state index contributed by atoms with van der Waals surface area (Å²) in [6.45, 7) is 1.96. The van der Waals surface area contributed by atoms with E-state index < -0.39 is 0 Å². The number of ether oxygens (including phenoxy) is 2. The van der Waals surface area contributed by atoms with Crippen molar-refractivity contribution in [1.29, 1.82) is 0 Å². The topological polar surface area (TPSA) is 47.6 Å². The van der Waals surface area contributed by atoms with E-state index in [1.54, 1.807) is 12.1 Å². The van der Waals surface area contributed by atoms with Crippen LogP contribution in [0.15, 0.2) is 36.4 Å². The van der Waals surface area contributed by atoms with Crippen LogP contribution in [0.3, 0.4) is 0 Å². The molecule has 0 saturated heterocycles. The van der Waals surface area contributed by atoms with Gasteiger partial charge in [-0.15, -0.1) is 0 Å². The maximum atomic E-state index is 12.3. The SMILES string of the molecule is COc1cc(C(=O)Nc2cccc(C)c2)cc(Cl)c1OC. The highest BCUT2D eigenvalue weighted by atomic mass is 35.5. The second-order valence-corrected chi connectivity index (χ2v) is 4.92. The van der Waals surface area contributed by atoms with Gasteiger partial charge in [-0.05, 0) is 36.8 Å². The number of carbonyl (C=O) groups is 1. The summed E-state index contributed by atoms with van der Waals surface area (Å²) in [6, 6.07) is 10.7. The summed E-state index contributed by atoms with van der Waals surface area (Å²) in [5.41, 5.74) is 2.20. The fraction of sp³-hybridized carbons (Fsp3) is 0.188. The maximum absolute atomic E-state index is 12.3. The van der Waals surface area contributed by atoms with Gasteiger partial charge in [-0.1, -0.05) is 23.7 Å². The monoisotopic (exact) mass is 305 g/mol. The molecule has 0 aliphatic carbocycles. The number of benzene rings is 2. The summed E-state index contributed by atoms with van der Waals surface area (Å²) in [5.74, 6) is 0.564. The first kappa shape index (κ1) is 15.2. The molecule has 4 nitrogen and oxygen atoms in total. The first-order chi connectivity index (χ1) is 10.0. The smallest absolute Gasteiger partial charge is 0.255 e. The molecule has 0 unspecified atom stereocenters. The molecule has 110 valence electrons. The average molecular weight is 306 g/mol. The molecule has 1 amide bonds. The Kier molecular flexibility index (Phi) is 4.70. The number of carbonyl (C=O) groups excluding carboxylic acids is 1. The molecule has 0 aromatic heterocycles. The van der Waals surface area contributed by atoms with E-state index in [1.165, 1.54) is 14.2 Å². The van der Waals surface area contributed by atoms with E-state index in [-0.39, 0.29) is 5.91 Å². The number of rotatable bonds is 4. The lowest BCUT2D eigenvalue weighted by Crippen LogP contribution is -2.12. The van der Waals surface area contributed by atoms with Crippen molar-refractivity contribution in [2.45, 2.75) is 6.92 Å². The lowest BCUT2D eigenvalue weighted by molar-refractivity contribution is 0.102. The molecular formula is C16H16ClNO3. The normalized spacial score (nSPS) is 10.1. The zero-order valence-electron chi connectivity index (χ0n) is 12.1. The van der Waals surface area contributed by atoms with E-state index in [0.717, 1.165) is 11.3 Å². The molecule has 0 aliphatic rings. The number of amides is 1. The van der Waals surface area contributed by atoms with Gasteiger partial charge in [0.05, 0.1) is 19.2 Å². The van der Waals surface area contributed by atoms with Crippen LogP contribution in [0.4, 0.5) is 5.69 Å². The highest BCUT2D eigenvalue weighted by molar-refractivity contribution is 6.32. The standard InChI is InChI=1S/C16H16ClNO3/c1-10-5-4-6-12(7-10)18-16(19)11-8-13(17)15(21-3)14(9-11)20-2/h4-9H,1-3H3,(H,18,19). The van der Waals surface area contributed by atoms with E-state index in [1.807, 2.05) is 31.2 Å². The molecule has 0 saturated carbocycles. The van der Waals surface area contributed by atoms with Crippen LogP contribution in [0.5, 0.6) is 11.5 Å². The van der Waals surface area contributed by atoms with Crippen molar-refractivity contribution in [3.8, 4) is 11.5 Å². The highest BCUT2D eigenvalue weighted by Gasteiger charge is 2.15. The maximum Gasteiger partial charge on any atom is 0.255 e. The fourth-order valence-electron chi connectivity index (χ4n) is 1.98. The Bertz CT molecular complexity index is 671. The van der Waals surface area contributed by atoms with E-state index in [9.17, 15) is 4.79 Å². The minimum Gasteiger partial charge on any atom is -0.493 e. The summed E-state index contributed by atoms with van der Waals surface area (Å²) in [6.07, 6.45) is 0. The second-order valence-electron chi connectivity index (χ2n) is 4.52. The number of hydrogen-bond donors (Lipinski definition) is 1. The zero-order chi connectivity index (χ0) is 15.4. The molecular weight excluding hydrogens is 290 g/mol. The number of halogens is 1. The molecule has 2 rings (SSSR count). The largest absolute Gasteiger partial charge is 0.493 e. The van der Waals surface area contributed by atoms with Gasteiger partial charge in [-0.2, -0.15) is 0 Å². The number of anilines is 1. The third-order valence-corrected chi connectivity index (χ3v) is 3.25. The highest BCUT2D eigenvalue weighted by Crippen LogP contribution is 2.36. The Hall–Kier alpha value is -2.20. The molecule has 0 spiro atoms. The number of nitrogens with one attached hydrogen (secondary N) is 1. The Balaban J connectivity index is 2.29.